The van der Waals surface area contributed by atoms with Gasteiger partial charge in [-0.2, -0.15) is 0 Å². The van der Waals surface area contributed by atoms with Crippen molar-refractivity contribution in [3.63, 3.8) is 0 Å². The zero-order valence-electron chi connectivity index (χ0n) is 14.2. The molecule has 5 nitrogen and oxygen atoms in total. The monoisotopic (exact) mass is 317 g/mol. The van der Waals surface area contributed by atoms with E-state index in [4.69, 9.17) is 0 Å². The van der Waals surface area contributed by atoms with Crippen molar-refractivity contribution in [2.24, 2.45) is 0 Å². The maximum atomic E-state index is 12.4. The molecule has 5 heteroatoms. The maximum absolute atomic E-state index is 12.4. The number of piperazine rings is 1. The van der Waals surface area contributed by atoms with E-state index in [9.17, 15) is 9.59 Å². The van der Waals surface area contributed by atoms with E-state index in [0.717, 1.165) is 38.3 Å². The molecule has 1 aliphatic rings. The standard InChI is InChI=1S/C18H27N3O2/c1-3-19-10-12-21(13-11-19)18(23)14-17(22)20(4-2)15-16-8-6-5-7-9-16/h5-9H,3-4,10-15H2,1-2H3. The van der Waals surface area contributed by atoms with Crippen molar-refractivity contribution in [3.05, 3.63) is 35.9 Å². The van der Waals surface area contributed by atoms with Crippen molar-refractivity contribution in [3.8, 4) is 0 Å². The maximum Gasteiger partial charge on any atom is 0.232 e. The van der Waals surface area contributed by atoms with Crippen LogP contribution in [0.25, 0.3) is 0 Å². The fourth-order valence-electron chi connectivity index (χ4n) is 2.85. The van der Waals surface area contributed by atoms with Gasteiger partial charge in [-0.1, -0.05) is 37.3 Å². The van der Waals surface area contributed by atoms with E-state index in [-0.39, 0.29) is 18.2 Å². The molecule has 1 heterocycles. The van der Waals surface area contributed by atoms with Gasteiger partial charge in [-0.3, -0.25) is 9.59 Å². The number of hydrogen-bond donors (Lipinski definition) is 0. The van der Waals surface area contributed by atoms with Crippen LogP contribution < -0.4 is 0 Å². The summed E-state index contributed by atoms with van der Waals surface area (Å²) < 4.78 is 0. The SMILES string of the molecule is CCN1CCN(C(=O)CC(=O)N(CC)Cc2ccccc2)CC1. The first kappa shape index (κ1) is 17.5. The molecular formula is C18H27N3O2. The largest absolute Gasteiger partial charge is 0.340 e. The Morgan fingerprint density at radius 2 is 1.70 bits per heavy atom. The number of benzene rings is 1. The molecule has 23 heavy (non-hydrogen) atoms. The van der Waals surface area contributed by atoms with Crippen LogP contribution in [0.15, 0.2) is 30.3 Å². The van der Waals surface area contributed by atoms with Crippen LogP contribution in [0.3, 0.4) is 0 Å². The van der Waals surface area contributed by atoms with E-state index in [1.165, 1.54) is 0 Å². The fraction of sp³-hybridized carbons (Fsp3) is 0.556. The minimum absolute atomic E-state index is 0.0210. The molecule has 1 aliphatic heterocycles. The molecule has 0 spiro atoms. The Kier molecular flexibility index (Phi) is 6.59. The molecule has 1 aromatic carbocycles. The average Bonchev–Trinajstić information content (AvgIpc) is 2.60. The summed E-state index contributed by atoms with van der Waals surface area (Å²) in [5.41, 5.74) is 1.09. The van der Waals surface area contributed by atoms with Crippen molar-refractivity contribution >= 4 is 11.8 Å². The van der Waals surface area contributed by atoms with Crippen molar-refractivity contribution in [2.75, 3.05) is 39.3 Å². The van der Waals surface area contributed by atoms with Crippen LogP contribution in [0, 0.1) is 0 Å². The van der Waals surface area contributed by atoms with E-state index in [1.807, 2.05) is 42.2 Å². The molecule has 0 unspecified atom stereocenters. The third kappa shape index (κ3) is 5.06. The van der Waals surface area contributed by atoms with Crippen molar-refractivity contribution < 1.29 is 9.59 Å². The Hall–Kier alpha value is -1.88. The van der Waals surface area contributed by atoms with Gasteiger partial charge in [-0.05, 0) is 19.0 Å². The normalized spacial score (nSPS) is 15.5. The summed E-state index contributed by atoms with van der Waals surface area (Å²) in [7, 11) is 0. The molecular weight excluding hydrogens is 290 g/mol. The van der Waals surface area contributed by atoms with Gasteiger partial charge in [0.05, 0.1) is 0 Å². The van der Waals surface area contributed by atoms with Gasteiger partial charge in [-0.15, -0.1) is 0 Å². The summed E-state index contributed by atoms with van der Waals surface area (Å²) in [4.78, 5) is 30.6. The number of likely N-dealkylation sites (N-methyl/N-ethyl adjacent to an activating group) is 1. The second-order valence-corrected chi connectivity index (χ2v) is 5.89. The first-order valence-electron chi connectivity index (χ1n) is 8.45. The highest BCUT2D eigenvalue weighted by molar-refractivity contribution is 5.96. The Morgan fingerprint density at radius 3 is 2.26 bits per heavy atom. The van der Waals surface area contributed by atoms with Gasteiger partial charge >= 0.3 is 0 Å². The lowest BCUT2D eigenvalue weighted by Gasteiger charge is -2.34. The number of carbonyl (C=O) groups excluding carboxylic acids is 2. The predicted octanol–water partition coefficient (Wildman–Crippen LogP) is 1.59. The number of nitrogens with zero attached hydrogens (tertiary/aromatic N) is 3. The van der Waals surface area contributed by atoms with E-state index in [0.29, 0.717) is 13.1 Å². The molecule has 1 fully saturated rings. The molecule has 2 rings (SSSR count). The topological polar surface area (TPSA) is 43.9 Å². The molecule has 0 radical (unpaired) electrons. The van der Waals surface area contributed by atoms with E-state index in [2.05, 4.69) is 11.8 Å². The number of rotatable bonds is 6. The smallest absolute Gasteiger partial charge is 0.232 e. The Bertz CT molecular complexity index is 510. The predicted molar refractivity (Wildman–Crippen MR) is 90.8 cm³/mol. The third-order valence-corrected chi connectivity index (χ3v) is 4.43. The van der Waals surface area contributed by atoms with Gasteiger partial charge in [-0.25, -0.2) is 0 Å². The summed E-state index contributed by atoms with van der Waals surface area (Å²) in [6, 6.07) is 9.89. The molecule has 0 aliphatic carbocycles. The highest BCUT2D eigenvalue weighted by atomic mass is 16.2. The summed E-state index contributed by atoms with van der Waals surface area (Å²) in [5.74, 6) is -0.128. The lowest BCUT2D eigenvalue weighted by atomic mass is 10.2. The molecule has 1 aromatic rings. The molecule has 0 bridgehead atoms. The lowest BCUT2D eigenvalue weighted by molar-refractivity contribution is -0.141. The van der Waals surface area contributed by atoms with E-state index in [1.54, 1.807) is 4.90 Å². The Labute approximate surface area is 138 Å². The first-order valence-corrected chi connectivity index (χ1v) is 8.45. The number of carbonyl (C=O) groups is 2. The molecule has 0 aromatic heterocycles. The Morgan fingerprint density at radius 1 is 1.04 bits per heavy atom. The van der Waals surface area contributed by atoms with Crippen LogP contribution in [0.4, 0.5) is 0 Å². The zero-order chi connectivity index (χ0) is 16.7. The summed E-state index contributed by atoms with van der Waals surface area (Å²) in [6.45, 7) is 9.53. The summed E-state index contributed by atoms with van der Waals surface area (Å²) in [5, 5.41) is 0. The van der Waals surface area contributed by atoms with Gasteiger partial charge in [0, 0.05) is 39.3 Å². The molecule has 2 amide bonds. The van der Waals surface area contributed by atoms with Gasteiger partial charge in [0.15, 0.2) is 0 Å². The second kappa shape index (κ2) is 8.67. The highest BCUT2D eigenvalue weighted by Gasteiger charge is 2.23. The van der Waals surface area contributed by atoms with E-state index < -0.39 is 0 Å². The van der Waals surface area contributed by atoms with Crippen LogP contribution >= 0.6 is 0 Å². The molecule has 0 saturated carbocycles. The van der Waals surface area contributed by atoms with Crippen molar-refractivity contribution in [1.82, 2.24) is 14.7 Å². The van der Waals surface area contributed by atoms with Crippen molar-refractivity contribution in [2.45, 2.75) is 26.8 Å². The quantitative estimate of drug-likeness (QED) is 0.749. The third-order valence-electron chi connectivity index (χ3n) is 4.43. The molecule has 126 valence electrons. The van der Waals surface area contributed by atoms with Crippen LogP contribution in [-0.4, -0.2) is 65.8 Å². The average molecular weight is 317 g/mol. The first-order chi connectivity index (χ1) is 11.1. The zero-order valence-corrected chi connectivity index (χ0v) is 14.2. The van der Waals surface area contributed by atoms with Crippen LogP contribution in [0.2, 0.25) is 0 Å². The van der Waals surface area contributed by atoms with Gasteiger partial charge in [0.25, 0.3) is 0 Å². The fourth-order valence-corrected chi connectivity index (χ4v) is 2.85. The minimum Gasteiger partial charge on any atom is -0.340 e. The van der Waals surface area contributed by atoms with Crippen LogP contribution in [-0.2, 0) is 16.1 Å². The van der Waals surface area contributed by atoms with Gasteiger partial charge in [0.1, 0.15) is 6.42 Å². The molecule has 1 saturated heterocycles. The summed E-state index contributed by atoms with van der Waals surface area (Å²) >= 11 is 0. The van der Waals surface area contributed by atoms with Gasteiger partial charge < -0.3 is 14.7 Å². The van der Waals surface area contributed by atoms with Gasteiger partial charge in [0.2, 0.25) is 11.8 Å². The van der Waals surface area contributed by atoms with Crippen LogP contribution in [0.5, 0.6) is 0 Å². The Balaban J connectivity index is 1.85. The van der Waals surface area contributed by atoms with Crippen molar-refractivity contribution in [1.29, 1.82) is 0 Å². The van der Waals surface area contributed by atoms with Crippen LogP contribution in [0.1, 0.15) is 25.8 Å². The van der Waals surface area contributed by atoms with E-state index >= 15 is 0 Å². The minimum atomic E-state index is -0.0840. The lowest BCUT2D eigenvalue weighted by Crippen LogP contribution is -2.49. The summed E-state index contributed by atoms with van der Waals surface area (Å²) in [6.07, 6.45) is -0.0210. The highest BCUT2D eigenvalue weighted by Crippen LogP contribution is 2.08. The number of hydrogen-bond acceptors (Lipinski definition) is 3. The second-order valence-electron chi connectivity index (χ2n) is 5.89. The molecule has 0 N–H and O–H groups in total. The number of amides is 2. The molecule has 0 atom stereocenters.